The van der Waals surface area contributed by atoms with Gasteiger partial charge in [-0.2, -0.15) is 0 Å². The maximum absolute atomic E-state index is 13.1. The van der Waals surface area contributed by atoms with E-state index in [1.165, 1.54) is 17.0 Å². The van der Waals surface area contributed by atoms with Crippen LogP contribution in [0.4, 0.5) is 4.39 Å². The quantitative estimate of drug-likeness (QED) is 0.846. The number of nitrogens with two attached hydrogens (primary N) is 1. The number of aryl methyl sites for hydroxylation is 1. The van der Waals surface area contributed by atoms with Gasteiger partial charge in [-0.25, -0.2) is 4.39 Å². The molecule has 2 N–H and O–H groups in total. The summed E-state index contributed by atoms with van der Waals surface area (Å²) in [4.78, 5) is 13.5. The van der Waals surface area contributed by atoms with Crippen molar-refractivity contribution in [2.45, 2.75) is 19.9 Å². The summed E-state index contributed by atoms with van der Waals surface area (Å²) in [6.45, 7) is 3.99. The molecule has 1 rings (SSSR count). The van der Waals surface area contributed by atoms with E-state index in [2.05, 4.69) is 0 Å². The molecule has 4 heteroatoms. The number of rotatable bonds is 3. The molecule has 88 valence electrons. The van der Waals surface area contributed by atoms with Crippen LogP contribution in [0.25, 0.3) is 0 Å². The molecule has 1 amide bonds. The number of halogens is 1. The summed E-state index contributed by atoms with van der Waals surface area (Å²) >= 11 is 0. The van der Waals surface area contributed by atoms with Crippen LogP contribution in [0.1, 0.15) is 22.8 Å². The highest BCUT2D eigenvalue weighted by Crippen LogP contribution is 2.11. The lowest BCUT2D eigenvalue weighted by atomic mass is 10.1. The van der Waals surface area contributed by atoms with E-state index in [4.69, 9.17) is 5.73 Å². The van der Waals surface area contributed by atoms with Gasteiger partial charge in [0.1, 0.15) is 5.82 Å². The van der Waals surface area contributed by atoms with E-state index in [1.54, 1.807) is 20.0 Å². The van der Waals surface area contributed by atoms with Crippen molar-refractivity contribution in [3.63, 3.8) is 0 Å². The molecule has 0 spiro atoms. The molecule has 0 fully saturated rings. The standard InChI is InChI=1S/C12H17FN2O/c1-8-4-10(6-11(13)5-8)12(16)15(3)9(2)7-14/h4-6,9H,7,14H2,1-3H3/t9-/m0/s1. The second kappa shape index (κ2) is 5.07. The van der Waals surface area contributed by atoms with E-state index in [0.717, 1.165) is 5.56 Å². The van der Waals surface area contributed by atoms with Crippen LogP contribution in [0.15, 0.2) is 18.2 Å². The third-order valence-electron chi connectivity index (χ3n) is 2.61. The summed E-state index contributed by atoms with van der Waals surface area (Å²) in [7, 11) is 1.67. The van der Waals surface area contributed by atoms with Gasteiger partial charge in [0.2, 0.25) is 0 Å². The monoisotopic (exact) mass is 224 g/mol. The smallest absolute Gasteiger partial charge is 0.253 e. The number of carbonyl (C=O) groups excluding carboxylic acids is 1. The molecule has 0 aromatic heterocycles. The molecular weight excluding hydrogens is 207 g/mol. The van der Waals surface area contributed by atoms with E-state index in [1.807, 2.05) is 6.92 Å². The topological polar surface area (TPSA) is 46.3 Å². The molecule has 0 bridgehead atoms. The van der Waals surface area contributed by atoms with Crippen LogP contribution in [0, 0.1) is 12.7 Å². The van der Waals surface area contributed by atoms with Gasteiger partial charge < -0.3 is 10.6 Å². The molecule has 0 aliphatic rings. The van der Waals surface area contributed by atoms with E-state index < -0.39 is 5.82 Å². The van der Waals surface area contributed by atoms with E-state index in [-0.39, 0.29) is 11.9 Å². The zero-order valence-corrected chi connectivity index (χ0v) is 9.83. The van der Waals surface area contributed by atoms with Crippen LogP contribution in [-0.4, -0.2) is 30.4 Å². The van der Waals surface area contributed by atoms with Gasteiger partial charge >= 0.3 is 0 Å². The first-order valence-electron chi connectivity index (χ1n) is 5.20. The van der Waals surface area contributed by atoms with Gasteiger partial charge in [0.05, 0.1) is 0 Å². The molecule has 0 aliphatic heterocycles. The normalized spacial score (nSPS) is 12.3. The SMILES string of the molecule is Cc1cc(F)cc(C(=O)N(C)[C@@H](C)CN)c1. The zero-order valence-electron chi connectivity index (χ0n) is 9.83. The summed E-state index contributed by atoms with van der Waals surface area (Å²) in [5.41, 5.74) is 6.58. The summed E-state index contributed by atoms with van der Waals surface area (Å²) in [6.07, 6.45) is 0. The number of carbonyl (C=O) groups is 1. The summed E-state index contributed by atoms with van der Waals surface area (Å²) in [6, 6.07) is 4.25. The molecule has 0 unspecified atom stereocenters. The minimum Gasteiger partial charge on any atom is -0.338 e. The van der Waals surface area contributed by atoms with Gasteiger partial charge in [0.15, 0.2) is 0 Å². The average molecular weight is 224 g/mol. The van der Waals surface area contributed by atoms with Crippen molar-refractivity contribution in [3.8, 4) is 0 Å². The Balaban J connectivity index is 2.96. The Morgan fingerprint density at radius 1 is 1.50 bits per heavy atom. The molecule has 0 heterocycles. The van der Waals surface area contributed by atoms with E-state index in [9.17, 15) is 9.18 Å². The van der Waals surface area contributed by atoms with Gasteiger partial charge in [-0.05, 0) is 37.6 Å². The Morgan fingerprint density at radius 2 is 2.12 bits per heavy atom. The highest BCUT2D eigenvalue weighted by atomic mass is 19.1. The van der Waals surface area contributed by atoms with Crippen molar-refractivity contribution in [1.82, 2.24) is 4.90 Å². The molecule has 3 nitrogen and oxygen atoms in total. The zero-order chi connectivity index (χ0) is 12.3. The Bertz CT molecular complexity index is 372. The molecule has 1 aromatic carbocycles. The lowest BCUT2D eigenvalue weighted by Gasteiger charge is -2.23. The van der Waals surface area contributed by atoms with Crippen molar-refractivity contribution in [2.75, 3.05) is 13.6 Å². The Hall–Kier alpha value is -1.42. The van der Waals surface area contributed by atoms with Crippen LogP contribution in [0.5, 0.6) is 0 Å². The lowest BCUT2D eigenvalue weighted by molar-refractivity contribution is 0.0748. The van der Waals surface area contributed by atoms with Crippen LogP contribution in [-0.2, 0) is 0 Å². The van der Waals surface area contributed by atoms with Crippen molar-refractivity contribution in [3.05, 3.63) is 35.1 Å². The fourth-order valence-corrected chi connectivity index (χ4v) is 1.42. The Labute approximate surface area is 95.0 Å². The van der Waals surface area contributed by atoms with E-state index in [0.29, 0.717) is 12.1 Å². The van der Waals surface area contributed by atoms with Crippen LogP contribution in [0.2, 0.25) is 0 Å². The molecule has 1 aromatic rings. The molecule has 0 saturated carbocycles. The molecule has 1 atom stereocenters. The molecule has 16 heavy (non-hydrogen) atoms. The maximum Gasteiger partial charge on any atom is 0.253 e. The highest BCUT2D eigenvalue weighted by molar-refractivity contribution is 5.94. The number of amides is 1. The van der Waals surface area contributed by atoms with Crippen molar-refractivity contribution in [1.29, 1.82) is 0 Å². The minimum absolute atomic E-state index is 0.0592. The van der Waals surface area contributed by atoms with Crippen molar-refractivity contribution in [2.24, 2.45) is 5.73 Å². The number of benzene rings is 1. The van der Waals surface area contributed by atoms with Gasteiger partial charge in [0, 0.05) is 25.2 Å². The number of hydrogen-bond donors (Lipinski definition) is 1. The van der Waals surface area contributed by atoms with Crippen LogP contribution in [0.3, 0.4) is 0 Å². The van der Waals surface area contributed by atoms with Gasteiger partial charge in [-0.1, -0.05) is 0 Å². The third kappa shape index (κ3) is 2.79. The first-order chi connectivity index (χ1) is 7.45. The average Bonchev–Trinajstić information content (AvgIpc) is 2.24. The predicted octanol–water partition coefficient (Wildman–Crippen LogP) is 1.55. The molecule has 0 aliphatic carbocycles. The summed E-state index contributed by atoms with van der Waals surface area (Å²) < 4.78 is 13.1. The molecular formula is C12H17FN2O. The first-order valence-corrected chi connectivity index (χ1v) is 5.20. The second-order valence-corrected chi connectivity index (χ2v) is 4.02. The van der Waals surface area contributed by atoms with Crippen molar-refractivity contribution < 1.29 is 9.18 Å². The molecule has 0 radical (unpaired) electrons. The Morgan fingerprint density at radius 3 is 2.62 bits per heavy atom. The number of nitrogens with zero attached hydrogens (tertiary/aromatic N) is 1. The second-order valence-electron chi connectivity index (χ2n) is 4.02. The largest absolute Gasteiger partial charge is 0.338 e. The van der Waals surface area contributed by atoms with Crippen LogP contribution < -0.4 is 5.73 Å². The van der Waals surface area contributed by atoms with Gasteiger partial charge in [0.25, 0.3) is 5.91 Å². The van der Waals surface area contributed by atoms with Crippen LogP contribution >= 0.6 is 0 Å². The summed E-state index contributed by atoms with van der Waals surface area (Å²) in [5, 5.41) is 0. The molecule has 0 saturated heterocycles. The highest BCUT2D eigenvalue weighted by Gasteiger charge is 2.17. The van der Waals surface area contributed by atoms with Gasteiger partial charge in [-0.3, -0.25) is 4.79 Å². The lowest BCUT2D eigenvalue weighted by Crippen LogP contribution is -2.39. The Kier molecular flexibility index (Phi) is 4.01. The number of likely N-dealkylation sites (N-methyl/N-ethyl adjacent to an activating group) is 1. The fourth-order valence-electron chi connectivity index (χ4n) is 1.42. The number of hydrogen-bond acceptors (Lipinski definition) is 2. The van der Waals surface area contributed by atoms with Crippen molar-refractivity contribution >= 4 is 5.91 Å². The van der Waals surface area contributed by atoms with Gasteiger partial charge in [-0.15, -0.1) is 0 Å². The maximum atomic E-state index is 13.1. The predicted molar refractivity (Wildman–Crippen MR) is 61.7 cm³/mol. The van der Waals surface area contributed by atoms with E-state index >= 15 is 0 Å². The first kappa shape index (κ1) is 12.6. The third-order valence-corrected chi connectivity index (χ3v) is 2.61. The fraction of sp³-hybridized carbons (Fsp3) is 0.417. The summed E-state index contributed by atoms with van der Waals surface area (Å²) in [5.74, 6) is -0.599. The minimum atomic E-state index is -0.392.